The Morgan fingerprint density at radius 3 is 2.71 bits per heavy atom. The highest BCUT2D eigenvalue weighted by atomic mass is 35.5. The molecule has 1 saturated heterocycles. The number of nitrogens with one attached hydrogen (secondary N) is 2. The molecule has 0 aliphatic carbocycles. The van der Waals surface area contributed by atoms with Crippen LogP contribution in [0.1, 0.15) is 27.6 Å². The number of benzene rings is 1. The number of halogens is 1. The van der Waals surface area contributed by atoms with Crippen LogP contribution in [0.2, 0.25) is 0 Å². The number of piperazine rings is 1. The second-order valence-electron chi connectivity index (χ2n) is 6.00. The van der Waals surface area contributed by atoms with Crippen LogP contribution >= 0.6 is 12.4 Å². The first kappa shape index (κ1) is 18.4. The predicted octanol–water partition coefficient (Wildman–Crippen LogP) is 0.566. The molecule has 0 aromatic heterocycles. The van der Waals surface area contributed by atoms with Crippen molar-refractivity contribution in [2.45, 2.75) is 13.0 Å². The first-order valence-electron chi connectivity index (χ1n) is 7.68. The molecule has 24 heavy (non-hydrogen) atoms. The number of carbonyl (C=O) groups is 3. The van der Waals surface area contributed by atoms with Gasteiger partial charge in [-0.3, -0.25) is 24.2 Å². The summed E-state index contributed by atoms with van der Waals surface area (Å²) < 4.78 is 0. The van der Waals surface area contributed by atoms with Crippen LogP contribution in [-0.4, -0.2) is 66.8 Å². The highest BCUT2D eigenvalue weighted by Gasteiger charge is 2.32. The van der Waals surface area contributed by atoms with Gasteiger partial charge in [-0.2, -0.15) is 0 Å². The van der Waals surface area contributed by atoms with Gasteiger partial charge in [0.25, 0.3) is 11.8 Å². The number of imide groups is 1. The van der Waals surface area contributed by atoms with Gasteiger partial charge < -0.3 is 10.6 Å². The van der Waals surface area contributed by atoms with Crippen LogP contribution in [0.4, 0.5) is 5.69 Å². The molecule has 0 bridgehead atoms. The summed E-state index contributed by atoms with van der Waals surface area (Å²) in [6.07, 6.45) is 0. The number of rotatable bonds is 3. The molecule has 2 aliphatic rings. The van der Waals surface area contributed by atoms with E-state index in [0.717, 1.165) is 24.5 Å². The van der Waals surface area contributed by atoms with E-state index < -0.39 is 0 Å². The Balaban J connectivity index is 0.00000208. The Morgan fingerprint density at radius 2 is 2.00 bits per heavy atom. The van der Waals surface area contributed by atoms with E-state index >= 15 is 0 Å². The van der Waals surface area contributed by atoms with E-state index in [1.54, 1.807) is 18.2 Å². The lowest BCUT2D eigenvalue weighted by Crippen LogP contribution is -2.51. The highest BCUT2D eigenvalue weighted by molar-refractivity contribution is 6.21. The second-order valence-corrected chi connectivity index (χ2v) is 6.00. The molecule has 1 aromatic rings. The molecule has 8 heteroatoms. The third-order valence-electron chi connectivity index (χ3n) is 4.36. The Labute approximate surface area is 146 Å². The van der Waals surface area contributed by atoms with Gasteiger partial charge in [0.1, 0.15) is 0 Å². The normalized spacial score (nSPS) is 20.6. The van der Waals surface area contributed by atoms with Gasteiger partial charge in [0.2, 0.25) is 5.91 Å². The monoisotopic (exact) mass is 352 g/mol. The van der Waals surface area contributed by atoms with E-state index in [1.165, 1.54) is 7.05 Å². The lowest BCUT2D eigenvalue weighted by molar-refractivity contribution is -0.118. The van der Waals surface area contributed by atoms with E-state index in [-0.39, 0.29) is 30.1 Å². The summed E-state index contributed by atoms with van der Waals surface area (Å²) >= 11 is 0. The largest absolute Gasteiger partial charge is 0.325 e. The lowest BCUT2D eigenvalue weighted by Gasteiger charge is -2.33. The summed E-state index contributed by atoms with van der Waals surface area (Å²) in [6.45, 7) is 4.96. The molecule has 3 rings (SSSR count). The van der Waals surface area contributed by atoms with Crippen molar-refractivity contribution in [3.63, 3.8) is 0 Å². The molecule has 2 aliphatic heterocycles. The van der Waals surface area contributed by atoms with E-state index in [0.29, 0.717) is 29.4 Å². The van der Waals surface area contributed by atoms with Gasteiger partial charge in [-0.05, 0) is 25.1 Å². The number of hydrogen-bond acceptors (Lipinski definition) is 5. The molecule has 0 saturated carbocycles. The highest BCUT2D eigenvalue weighted by Crippen LogP contribution is 2.24. The molecular weight excluding hydrogens is 332 g/mol. The third-order valence-corrected chi connectivity index (χ3v) is 4.36. The van der Waals surface area contributed by atoms with Gasteiger partial charge in [0, 0.05) is 38.4 Å². The Bertz CT molecular complexity index is 679. The van der Waals surface area contributed by atoms with Crippen LogP contribution in [0.15, 0.2) is 18.2 Å². The van der Waals surface area contributed by atoms with Crippen LogP contribution in [0.5, 0.6) is 0 Å². The number of carbonyl (C=O) groups excluding carboxylic acids is 3. The summed E-state index contributed by atoms with van der Waals surface area (Å²) in [7, 11) is 1.45. The zero-order valence-corrected chi connectivity index (χ0v) is 14.5. The zero-order valence-electron chi connectivity index (χ0n) is 13.7. The Hall–Kier alpha value is -1.96. The fourth-order valence-corrected chi connectivity index (χ4v) is 2.94. The number of nitrogens with zero attached hydrogens (tertiary/aromatic N) is 2. The molecule has 1 aromatic carbocycles. The smallest absolute Gasteiger partial charge is 0.261 e. The standard InChI is InChI=1S/C16H20N4O3.ClH/c1-10-8-17-5-6-20(10)9-14(21)18-11-3-4-12-13(7-11)16(23)19(2)15(12)22;/h3-4,7,10,17H,5-6,8-9H2,1-2H3,(H,18,21);1H/t10-;/m1./s1. The minimum absolute atomic E-state index is 0. The van der Waals surface area contributed by atoms with Crippen molar-refractivity contribution in [2.24, 2.45) is 0 Å². The first-order chi connectivity index (χ1) is 11.0. The van der Waals surface area contributed by atoms with Crippen molar-refractivity contribution in [1.82, 2.24) is 15.1 Å². The van der Waals surface area contributed by atoms with Crippen LogP contribution in [-0.2, 0) is 4.79 Å². The van der Waals surface area contributed by atoms with E-state index in [2.05, 4.69) is 22.5 Å². The summed E-state index contributed by atoms with van der Waals surface area (Å²) in [5.74, 6) is -0.766. The van der Waals surface area contributed by atoms with Gasteiger partial charge >= 0.3 is 0 Å². The van der Waals surface area contributed by atoms with Crippen LogP contribution in [0.25, 0.3) is 0 Å². The Kier molecular flexibility index (Phi) is 5.58. The molecule has 1 atom stereocenters. The number of hydrogen-bond donors (Lipinski definition) is 2. The van der Waals surface area contributed by atoms with Crippen molar-refractivity contribution in [3.8, 4) is 0 Å². The average Bonchev–Trinajstić information content (AvgIpc) is 2.74. The average molecular weight is 353 g/mol. The third kappa shape index (κ3) is 3.43. The first-order valence-corrected chi connectivity index (χ1v) is 7.68. The maximum absolute atomic E-state index is 12.2. The molecule has 0 unspecified atom stereocenters. The molecule has 130 valence electrons. The van der Waals surface area contributed by atoms with Crippen LogP contribution < -0.4 is 10.6 Å². The SMILES string of the molecule is C[C@@H]1CNCCN1CC(=O)Nc1ccc2c(c1)C(=O)N(C)C2=O.Cl. The Morgan fingerprint density at radius 1 is 1.29 bits per heavy atom. The molecular formula is C16H21ClN4O3. The minimum atomic E-state index is -0.336. The second kappa shape index (κ2) is 7.29. The summed E-state index contributed by atoms with van der Waals surface area (Å²) in [5, 5.41) is 6.09. The topological polar surface area (TPSA) is 81.8 Å². The zero-order chi connectivity index (χ0) is 16.6. The maximum atomic E-state index is 12.2. The molecule has 1 fully saturated rings. The van der Waals surface area contributed by atoms with E-state index in [9.17, 15) is 14.4 Å². The van der Waals surface area contributed by atoms with Crippen molar-refractivity contribution < 1.29 is 14.4 Å². The molecule has 2 heterocycles. The minimum Gasteiger partial charge on any atom is -0.325 e. The van der Waals surface area contributed by atoms with Crippen LogP contribution in [0, 0.1) is 0 Å². The number of anilines is 1. The number of amides is 3. The van der Waals surface area contributed by atoms with Gasteiger partial charge in [-0.1, -0.05) is 0 Å². The molecule has 0 radical (unpaired) electrons. The van der Waals surface area contributed by atoms with Gasteiger partial charge in [-0.15, -0.1) is 12.4 Å². The summed E-state index contributed by atoms with van der Waals surface area (Å²) in [5.41, 5.74) is 1.25. The van der Waals surface area contributed by atoms with Gasteiger partial charge in [-0.25, -0.2) is 0 Å². The summed E-state index contributed by atoms with van der Waals surface area (Å²) in [6, 6.07) is 5.12. The van der Waals surface area contributed by atoms with Crippen molar-refractivity contribution >= 4 is 35.8 Å². The molecule has 7 nitrogen and oxygen atoms in total. The van der Waals surface area contributed by atoms with E-state index in [4.69, 9.17) is 0 Å². The molecule has 3 amide bonds. The van der Waals surface area contributed by atoms with Crippen molar-refractivity contribution in [2.75, 3.05) is 38.5 Å². The van der Waals surface area contributed by atoms with Crippen molar-refractivity contribution in [3.05, 3.63) is 29.3 Å². The van der Waals surface area contributed by atoms with Gasteiger partial charge in [0.15, 0.2) is 0 Å². The molecule has 0 spiro atoms. The predicted molar refractivity (Wildman–Crippen MR) is 92.6 cm³/mol. The fraction of sp³-hybridized carbons (Fsp3) is 0.438. The number of fused-ring (bicyclic) bond motifs is 1. The molecule has 2 N–H and O–H groups in total. The fourth-order valence-electron chi connectivity index (χ4n) is 2.94. The lowest BCUT2D eigenvalue weighted by atomic mass is 10.1. The quantitative estimate of drug-likeness (QED) is 0.777. The van der Waals surface area contributed by atoms with Crippen molar-refractivity contribution in [1.29, 1.82) is 0 Å². The maximum Gasteiger partial charge on any atom is 0.261 e. The summed E-state index contributed by atoms with van der Waals surface area (Å²) in [4.78, 5) is 39.2. The van der Waals surface area contributed by atoms with Crippen LogP contribution in [0.3, 0.4) is 0 Å². The van der Waals surface area contributed by atoms with Gasteiger partial charge in [0.05, 0.1) is 17.7 Å². The van der Waals surface area contributed by atoms with E-state index in [1.807, 2.05) is 0 Å².